The van der Waals surface area contributed by atoms with Crippen molar-refractivity contribution in [1.82, 2.24) is 4.57 Å². The maximum atomic E-state index is 14.1. The van der Waals surface area contributed by atoms with Crippen LogP contribution in [0, 0.1) is 5.92 Å². The van der Waals surface area contributed by atoms with Crippen LogP contribution in [0.5, 0.6) is 5.75 Å². The van der Waals surface area contributed by atoms with Crippen LogP contribution in [0.1, 0.15) is 36.2 Å². The molecule has 2 amide bonds. The molecule has 0 spiro atoms. The predicted octanol–water partition coefficient (Wildman–Crippen LogP) is 5.51. The Morgan fingerprint density at radius 2 is 1.82 bits per heavy atom. The Morgan fingerprint density at radius 3 is 2.56 bits per heavy atom. The highest BCUT2D eigenvalue weighted by Gasteiger charge is 2.40. The minimum Gasteiger partial charge on any atom is -0.507 e. The zero-order valence-corrected chi connectivity index (χ0v) is 21.1. The molecule has 39 heavy (non-hydrogen) atoms. The van der Waals surface area contributed by atoms with Crippen LogP contribution in [0.25, 0.3) is 10.9 Å². The van der Waals surface area contributed by atoms with Gasteiger partial charge in [-0.05, 0) is 49.4 Å². The third-order valence-corrected chi connectivity index (χ3v) is 6.66. The zero-order valence-electron chi connectivity index (χ0n) is 21.1. The van der Waals surface area contributed by atoms with E-state index in [1.807, 2.05) is 0 Å². The molecule has 10 heteroatoms. The highest BCUT2D eigenvalue weighted by molar-refractivity contribution is 6.29. The van der Waals surface area contributed by atoms with Crippen LogP contribution in [0.15, 0.2) is 84.1 Å². The molecule has 3 aromatic carbocycles. The Bertz CT molecular complexity index is 1660. The molecule has 2 N–H and O–H groups in total. The highest BCUT2D eigenvalue weighted by Crippen LogP contribution is 2.33. The molecule has 0 aliphatic carbocycles. The predicted molar refractivity (Wildman–Crippen MR) is 143 cm³/mol. The summed E-state index contributed by atoms with van der Waals surface area (Å²) in [5.74, 6) is -6.24. The fourth-order valence-corrected chi connectivity index (χ4v) is 4.51. The van der Waals surface area contributed by atoms with Crippen molar-refractivity contribution in [1.29, 1.82) is 0 Å². The molecule has 5 rings (SSSR count). The summed E-state index contributed by atoms with van der Waals surface area (Å²) in [5, 5.41) is 18.7. The van der Waals surface area contributed by atoms with Gasteiger partial charge in [-0.25, -0.2) is 8.78 Å². The molecular weight excluding hydrogens is 506 g/mol. The number of fused-ring (bicyclic) bond motifs is 1. The average molecular weight is 531 g/mol. The summed E-state index contributed by atoms with van der Waals surface area (Å²) in [6.45, 7) is 2.90. The summed E-state index contributed by atoms with van der Waals surface area (Å²) in [6, 6.07) is 18.2. The standard InChI is InChI=1S/C29H24F2N4O4/c1-3-29(30,31)19-7-6-8-20(15-19)32-26(37)25-17(2)33-35(28(25)39)21-12-11-18-13-14-34(23(18)16-21)27(38)22-9-4-5-10-24(22)36/h4-16,25,36H,3H2,1-2H3,(H,32,37). The summed E-state index contributed by atoms with van der Waals surface area (Å²) in [5.41, 5.74) is 1.06. The maximum absolute atomic E-state index is 14.1. The smallest absolute Gasteiger partial charge is 0.273 e. The lowest BCUT2D eigenvalue weighted by Crippen LogP contribution is -2.36. The van der Waals surface area contributed by atoms with Gasteiger partial charge in [0.25, 0.3) is 17.7 Å². The third-order valence-electron chi connectivity index (χ3n) is 6.66. The van der Waals surface area contributed by atoms with Crippen molar-refractivity contribution in [2.45, 2.75) is 26.2 Å². The number of para-hydroxylation sites is 1. The number of alkyl halides is 2. The Balaban J connectivity index is 1.40. The van der Waals surface area contributed by atoms with E-state index in [0.29, 0.717) is 16.6 Å². The number of anilines is 2. The molecule has 8 nitrogen and oxygen atoms in total. The van der Waals surface area contributed by atoms with Crippen molar-refractivity contribution in [2.24, 2.45) is 11.0 Å². The lowest BCUT2D eigenvalue weighted by atomic mass is 10.0. The van der Waals surface area contributed by atoms with Gasteiger partial charge >= 0.3 is 0 Å². The summed E-state index contributed by atoms with van der Waals surface area (Å²) >= 11 is 0. The van der Waals surface area contributed by atoms with E-state index in [-0.39, 0.29) is 28.3 Å². The van der Waals surface area contributed by atoms with Gasteiger partial charge in [-0.3, -0.25) is 19.0 Å². The maximum Gasteiger partial charge on any atom is 0.273 e. The first kappa shape index (κ1) is 25.8. The van der Waals surface area contributed by atoms with E-state index in [0.717, 1.165) is 5.01 Å². The van der Waals surface area contributed by atoms with Crippen LogP contribution >= 0.6 is 0 Å². The van der Waals surface area contributed by atoms with Crippen LogP contribution in [0.2, 0.25) is 0 Å². The van der Waals surface area contributed by atoms with Gasteiger partial charge in [0.1, 0.15) is 5.75 Å². The van der Waals surface area contributed by atoms with Crippen molar-refractivity contribution in [3.63, 3.8) is 0 Å². The second-order valence-corrected chi connectivity index (χ2v) is 9.20. The Labute approximate surface area is 222 Å². The number of amides is 2. The van der Waals surface area contributed by atoms with Crippen LogP contribution < -0.4 is 10.3 Å². The number of nitrogens with one attached hydrogen (secondary N) is 1. The molecule has 0 saturated carbocycles. The Kier molecular flexibility index (Phi) is 6.47. The summed E-state index contributed by atoms with van der Waals surface area (Å²) in [7, 11) is 0. The minimum absolute atomic E-state index is 0.115. The molecule has 1 aliphatic heterocycles. The van der Waals surface area contributed by atoms with Gasteiger partial charge in [-0.2, -0.15) is 10.1 Å². The number of carbonyl (C=O) groups excluding carboxylic acids is 3. The lowest BCUT2D eigenvalue weighted by molar-refractivity contribution is -0.127. The molecule has 0 radical (unpaired) electrons. The summed E-state index contributed by atoms with van der Waals surface area (Å²) in [6.07, 6.45) is 1.17. The molecule has 1 aromatic heterocycles. The number of halogens is 2. The number of benzene rings is 3. The molecule has 1 unspecified atom stereocenters. The molecular formula is C29H24F2N4O4. The van der Waals surface area contributed by atoms with Gasteiger partial charge in [-0.15, -0.1) is 0 Å². The van der Waals surface area contributed by atoms with E-state index in [9.17, 15) is 28.3 Å². The number of hydrogen-bond acceptors (Lipinski definition) is 5. The van der Waals surface area contributed by atoms with E-state index in [2.05, 4.69) is 10.4 Å². The van der Waals surface area contributed by atoms with Crippen molar-refractivity contribution < 1.29 is 28.3 Å². The quantitative estimate of drug-likeness (QED) is 0.321. The van der Waals surface area contributed by atoms with Gasteiger partial charge in [0, 0.05) is 29.3 Å². The van der Waals surface area contributed by atoms with Crippen LogP contribution in [0.4, 0.5) is 20.2 Å². The van der Waals surface area contributed by atoms with Crippen molar-refractivity contribution in [3.8, 4) is 5.75 Å². The monoisotopic (exact) mass is 530 g/mol. The van der Waals surface area contributed by atoms with Gasteiger partial charge in [0.2, 0.25) is 5.91 Å². The zero-order chi connectivity index (χ0) is 27.9. The number of carbonyl (C=O) groups is 3. The largest absolute Gasteiger partial charge is 0.507 e. The normalized spacial score (nSPS) is 15.5. The number of phenolic OH excluding ortho intramolecular Hbond substituents is 1. The topological polar surface area (TPSA) is 104 Å². The molecule has 2 heterocycles. The first-order valence-corrected chi connectivity index (χ1v) is 12.2. The van der Waals surface area contributed by atoms with Gasteiger partial charge < -0.3 is 10.4 Å². The van der Waals surface area contributed by atoms with E-state index < -0.39 is 36.0 Å². The molecule has 198 valence electrons. The van der Waals surface area contributed by atoms with Crippen molar-refractivity contribution >= 4 is 45.7 Å². The fraction of sp³-hybridized carbons (Fsp3) is 0.172. The van der Waals surface area contributed by atoms with Crippen LogP contribution in [-0.2, 0) is 15.5 Å². The second-order valence-electron chi connectivity index (χ2n) is 9.20. The molecule has 0 fully saturated rings. The number of rotatable bonds is 6. The van der Waals surface area contributed by atoms with Gasteiger partial charge in [0.15, 0.2) is 5.92 Å². The van der Waals surface area contributed by atoms with E-state index in [1.54, 1.807) is 42.6 Å². The van der Waals surface area contributed by atoms with Crippen LogP contribution in [-0.4, -0.2) is 33.1 Å². The first-order valence-electron chi connectivity index (χ1n) is 12.2. The first-order chi connectivity index (χ1) is 18.6. The van der Waals surface area contributed by atoms with E-state index in [1.165, 1.54) is 54.8 Å². The number of aromatic hydroxyl groups is 1. The highest BCUT2D eigenvalue weighted by atomic mass is 19.3. The van der Waals surface area contributed by atoms with Crippen molar-refractivity contribution in [3.05, 3.63) is 90.1 Å². The lowest BCUT2D eigenvalue weighted by Gasteiger charge is -2.17. The number of hydrogen-bond donors (Lipinski definition) is 2. The molecule has 4 aromatic rings. The fourth-order valence-electron chi connectivity index (χ4n) is 4.51. The van der Waals surface area contributed by atoms with E-state index in [4.69, 9.17) is 0 Å². The summed E-state index contributed by atoms with van der Waals surface area (Å²) < 4.78 is 29.6. The third kappa shape index (κ3) is 4.65. The van der Waals surface area contributed by atoms with E-state index >= 15 is 0 Å². The SMILES string of the molecule is CCC(F)(F)c1cccc(NC(=O)C2C(=O)N(c3ccc4ccn(C(=O)c5ccccc5O)c4c3)N=C2C)c1. The molecule has 1 atom stereocenters. The number of nitrogens with zero attached hydrogens (tertiary/aromatic N) is 3. The number of aromatic nitrogens is 1. The van der Waals surface area contributed by atoms with Crippen molar-refractivity contribution in [2.75, 3.05) is 10.3 Å². The minimum atomic E-state index is -3.05. The molecule has 0 bridgehead atoms. The van der Waals surface area contributed by atoms with Crippen LogP contribution in [0.3, 0.4) is 0 Å². The second kappa shape index (κ2) is 9.79. The number of phenols is 1. The average Bonchev–Trinajstić information content (AvgIpc) is 3.48. The summed E-state index contributed by atoms with van der Waals surface area (Å²) in [4.78, 5) is 39.5. The Morgan fingerprint density at radius 1 is 1.05 bits per heavy atom. The molecule has 1 aliphatic rings. The number of hydrazone groups is 1. The van der Waals surface area contributed by atoms with Gasteiger partial charge in [-0.1, -0.05) is 37.3 Å². The van der Waals surface area contributed by atoms with Gasteiger partial charge in [0.05, 0.1) is 22.5 Å². The molecule has 0 saturated heterocycles. The Hall–Kier alpha value is -4.86.